The van der Waals surface area contributed by atoms with E-state index in [1.54, 1.807) is 34.9 Å². The molecule has 1 aliphatic heterocycles. The van der Waals surface area contributed by atoms with Crippen molar-refractivity contribution < 1.29 is 14.3 Å². The van der Waals surface area contributed by atoms with Gasteiger partial charge >= 0.3 is 0 Å². The minimum Gasteiger partial charge on any atom is -0.497 e. The van der Waals surface area contributed by atoms with E-state index < -0.39 is 5.91 Å². The first-order valence-electron chi connectivity index (χ1n) is 15.9. The lowest BCUT2D eigenvalue weighted by Gasteiger charge is -2.26. The predicted octanol–water partition coefficient (Wildman–Crippen LogP) is 4.74. The van der Waals surface area contributed by atoms with Crippen LogP contribution < -0.4 is 25.2 Å². The molecule has 12 heteroatoms. The quantitative estimate of drug-likeness (QED) is 0.227. The summed E-state index contributed by atoms with van der Waals surface area (Å²) in [5, 5.41) is 8.00. The number of nitrogens with zero attached hydrogens (tertiary/aromatic N) is 7. The highest BCUT2D eigenvalue weighted by Crippen LogP contribution is 2.36. The number of fused-ring (bicyclic) bond motifs is 1. The molecule has 4 aromatic heterocycles. The maximum absolute atomic E-state index is 13.9. The zero-order chi connectivity index (χ0) is 33.2. The fraction of sp³-hybridized carbons (Fsp3) is 0.250. The molecule has 1 saturated heterocycles. The molecule has 0 aliphatic carbocycles. The molecule has 2 aromatic carbocycles. The number of rotatable bonds is 10. The van der Waals surface area contributed by atoms with Crippen molar-refractivity contribution in [2.45, 2.75) is 45.5 Å². The Bertz CT molecular complexity index is 2120. The molecule has 0 saturated carbocycles. The summed E-state index contributed by atoms with van der Waals surface area (Å²) in [5.41, 5.74) is 3.83. The Morgan fingerprint density at radius 1 is 1.00 bits per heavy atom. The van der Waals surface area contributed by atoms with E-state index in [1.165, 1.54) is 0 Å². The standard InChI is InChI=1S/C36H36N8O4/c1-4-43-24(2)34(36(46)44(43)28-8-6-5-7-9-28)35(45)39-27-21-30(41(22-27)32-15-14-31-37-18-19-42(31)40-32)26-16-17-38-33(20-26)48-23-25-10-12-29(47-3)13-11-25/h5-20,27,30H,4,21-23H2,1-3H3,(H,39,45)/t27-,30+/m0/s1. The second-order valence-corrected chi connectivity index (χ2v) is 11.7. The Labute approximate surface area is 277 Å². The number of nitrogens with one attached hydrogen (secondary N) is 1. The SMILES string of the molecule is CCn1c(C)c(C(=O)N[C@H]2C[C@H](c3ccnc(OCc4ccc(OC)cc4)c3)N(c3ccc4nccn4n3)C2)c(=O)n1-c1ccccc1. The summed E-state index contributed by atoms with van der Waals surface area (Å²) in [7, 11) is 1.64. The average molecular weight is 645 g/mol. The van der Waals surface area contributed by atoms with Crippen LogP contribution in [0.5, 0.6) is 11.6 Å². The molecular weight excluding hydrogens is 608 g/mol. The number of ether oxygens (including phenoxy) is 2. The van der Waals surface area contributed by atoms with E-state index in [0.717, 1.165) is 28.3 Å². The predicted molar refractivity (Wildman–Crippen MR) is 181 cm³/mol. The molecule has 0 radical (unpaired) electrons. The topological polar surface area (TPSA) is 121 Å². The number of para-hydroxylation sites is 1. The van der Waals surface area contributed by atoms with Crippen LogP contribution in [0.15, 0.2) is 102 Å². The Kier molecular flexibility index (Phi) is 8.37. The fourth-order valence-electron chi connectivity index (χ4n) is 6.43. The van der Waals surface area contributed by atoms with Gasteiger partial charge in [0.2, 0.25) is 5.88 Å². The summed E-state index contributed by atoms with van der Waals surface area (Å²) in [6.07, 6.45) is 5.83. The molecule has 0 unspecified atom stereocenters. The van der Waals surface area contributed by atoms with Crippen molar-refractivity contribution >= 4 is 17.4 Å². The highest BCUT2D eigenvalue weighted by atomic mass is 16.5. The second-order valence-electron chi connectivity index (χ2n) is 11.7. The largest absolute Gasteiger partial charge is 0.497 e. The van der Waals surface area contributed by atoms with Gasteiger partial charge in [-0.1, -0.05) is 30.3 Å². The van der Waals surface area contributed by atoms with Crippen LogP contribution in [0.25, 0.3) is 11.3 Å². The molecule has 12 nitrogen and oxygen atoms in total. The Morgan fingerprint density at radius 3 is 2.58 bits per heavy atom. The minimum atomic E-state index is -0.392. The summed E-state index contributed by atoms with van der Waals surface area (Å²) in [6, 6.07) is 24.4. The van der Waals surface area contributed by atoms with Gasteiger partial charge in [0.25, 0.3) is 11.5 Å². The van der Waals surface area contributed by atoms with Crippen molar-refractivity contribution in [1.82, 2.24) is 34.3 Å². The van der Waals surface area contributed by atoms with Crippen molar-refractivity contribution in [1.29, 1.82) is 0 Å². The molecule has 2 atom stereocenters. The van der Waals surface area contributed by atoms with Crippen molar-refractivity contribution in [3.8, 4) is 17.3 Å². The number of amides is 1. The summed E-state index contributed by atoms with van der Waals surface area (Å²) < 4.78 is 16.5. The van der Waals surface area contributed by atoms with Crippen molar-refractivity contribution in [3.63, 3.8) is 0 Å². The number of carbonyl (C=O) groups is 1. The number of methoxy groups -OCH3 is 1. The van der Waals surface area contributed by atoms with Gasteiger partial charge in [-0.15, -0.1) is 5.10 Å². The molecule has 48 heavy (non-hydrogen) atoms. The summed E-state index contributed by atoms with van der Waals surface area (Å²) >= 11 is 0. The molecule has 0 spiro atoms. The van der Waals surface area contributed by atoms with E-state index in [4.69, 9.17) is 14.6 Å². The third-order valence-corrected chi connectivity index (χ3v) is 8.79. The summed E-state index contributed by atoms with van der Waals surface area (Å²) in [6.45, 7) is 5.15. The van der Waals surface area contributed by atoms with E-state index >= 15 is 0 Å². The second kappa shape index (κ2) is 13.1. The monoisotopic (exact) mass is 644 g/mol. The van der Waals surface area contributed by atoms with E-state index in [1.807, 2.05) is 97.4 Å². The van der Waals surface area contributed by atoms with Crippen molar-refractivity contribution in [2.75, 3.05) is 18.6 Å². The van der Waals surface area contributed by atoms with Crippen LogP contribution in [0.4, 0.5) is 5.82 Å². The molecule has 0 bridgehead atoms. The highest BCUT2D eigenvalue weighted by Gasteiger charge is 2.36. The van der Waals surface area contributed by atoms with Crippen LogP contribution in [-0.2, 0) is 13.2 Å². The molecule has 1 aliphatic rings. The Hall–Kier alpha value is -5.91. The van der Waals surface area contributed by atoms with Gasteiger partial charge in [-0.25, -0.2) is 19.2 Å². The van der Waals surface area contributed by atoms with E-state index in [0.29, 0.717) is 43.4 Å². The van der Waals surface area contributed by atoms with Crippen LogP contribution in [0, 0.1) is 6.92 Å². The molecule has 1 fully saturated rings. The lowest BCUT2D eigenvalue weighted by molar-refractivity contribution is 0.0938. The van der Waals surface area contributed by atoms with Crippen LogP contribution in [-0.4, -0.2) is 54.5 Å². The van der Waals surface area contributed by atoms with E-state index in [9.17, 15) is 9.59 Å². The lowest BCUT2D eigenvalue weighted by Crippen LogP contribution is -2.39. The number of aromatic nitrogens is 6. The number of pyridine rings is 1. The fourth-order valence-corrected chi connectivity index (χ4v) is 6.43. The zero-order valence-electron chi connectivity index (χ0n) is 27.0. The van der Waals surface area contributed by atoms with Gasteiger partial charge in [-0.05, 0) is 73.9 Å². The minimum absolute atomic E-state index is 0.145. The zero-order valence-corrected chi connectivity index (χ0v) is 27.0. The smallest absolute Gasteiger partial charge is 0.284 e. The Balaban J connectivity index is 1.16. The van der Waals surface area contributed by atoms with Crippen LogP contribution in [0.3, 0.4) is 0 Å². The first-order chi connectivity index (χ1) is 23.4. The molecule has 7 rings (SSSR count). The van der Waals surface area contributed by atoms with Gasteiger partial charge in [0, 0.05) is 43.8 Å². The summed E-state index contributed by atoms with van der Waals surface area (Å²) in [5.74, 6) is 1.62. The van der Waals surface area contributed by atoms with Crippen LogP contribution in [0.1, 0.15) is 46.6 Å². The first-order valence-corrected chi connectivity index (χ1v) is 15.9. The number of carbonyl (C=O) groups excluding carboxylic acids is 1. The van der Waals surface area contributed by atoms with Gasteiger partial charge in [0.1, 0.15) is 23.7 Å². The van der Waals surface area contributed by atoms with Gasteiger partial charge in [-0.2, -0.15) is 0 Å². The highest BCUT2D eigenvalue weighted by molar-refractivity contribution is 5.95. The molecule has 244 valence electrons. The maximum atomic E-state index is 13.9. The number of anilines is 1. The first kappa shape index (κ1) is 30.7. The maximum Gasteiger partial charge on any atom is 0.284 e. The van der Waals surface area contributed by atoms with Crippen LogP contribution in [0.2, 0.25) is 0 Å². The normalized spacial score (nSPS) is 15.9. The number of hydrogen-bond acceptors (Lipinski definition) is 8. The third kappa shape index (κ3) is 5.88. The van der Waals surface area contributed by atoms with Gasteiger partial charge < -0.3 is 19.7 Å². The van der Waals surface area contributed by atoms with Gasteiger partial charge in [0.05, 0.1) is 24.5 Å². The van der Waals surface area contributed by atoms with E-state index in [-0.39, 0.29) is 23.2 Å². The van der Waals surface area contributed by atoms with Crippen LogP contribution >= 0.6 is 0 Å². The third-order valence-electron chi connectivity index (χ3n) is 8.79. The van der Waals surface area contributed by atoms with E-state index in [2.05, 4.69) is 20.2 Å². The molecule has 1 N–H and O–H groups in total. The number of benzene rings is 2. The summed E-state index contributed by atoms with van der Waals surface area (Å²) in [4.78, 5) is 38.5. The van der Waals surface area contributed by atoms with Gasteiger partial charge in [-0.3, -0.25) is 14.3 Å². The molecule has 6 aromatic rings. The van der Waals surface area contributed by atoms with Crippen molar-refractivity contribution in [3.05, 3.63) is 130 Å². The number of imidazole rings is 1. The Morgan fingerprint density at radius 2 is 1.81 bits per heavy atom. The molecule has 5 heterocycles. The molecule has 1 amide bonds. The molecular formula is C36H36N8O4. The van der Waals surface area contributed by atoms with Crippen molar-refractivity contribution in [2.24, 2.45) is 0 Å². The number of hydrogen-bond donors (Lipinski definition) is 1. The average Bonchev–Trinajstić information content (AvgIpc) is 3.83. The lowest BCUT2D eigenvalue weighted by atomic mass is 10.0. The van der Waals surface area contributed by atoms with Gasteiger partial charge in [0.15, 0.2) is 5.65 Å².